The molecule has 1 N–H and O–H groups in total. The number of fused-ring (bicyclic) bond motifs is 1. The van der Waals surface area contributed by atoms with Gasteiger partial charge < -0.3 is 5.32 Å². The predicted molar refractivity (Wildman–Crippen MR) is 108 cm³/mol. The highest BCUT2D eigenvalue weighted by atomic mass is 32.2. The molecule has 2 aliphatic rings. The number of likely N-dealkylation sites (N-methyl/N-ethyl adjacent to an activating group) is 1. The molecule has 1 aromatic heterocycles. The van der Waals surface area contributed by atoms with Crippen LogP contribution in [0.2, 0.25) is 0 Å². The van der Waals surface area contributed by atoms with Gasteiger partial charge in [0.25, 0.3) is 0 Å². The molecule has 4 rings (SSSR count). The van der Waals surface area contributed by atoms with E-state index >= 15 is 0 Å². The first-order valence-corrected chi connectivity index (χ1v) is 11.5. The first-order valence-electron chi connectivity index (χ1n) is 9.67. The van der Waals surface area contributed by atoms with E-state index in [-0.39, 0.29) is 36.0 Å². The quantitative estimate of drug-likeness (QED) is 0.828. The number of amides is 1. The Hall–Kier alpha value is -2.19. The van der Waals surface area contributed by atoms with E-state index in [0.29, 0.717) is 12.2 Å². The van der Waals surface area contributed by atoms with E-state index in [0.717, 1.165) is 18.5 Å². The summed E-state index contributed by atoms with van der Waals surface area (Å²) < 4.78 is 25.3. The van der Waals surface area contributed by atoms with Gasteiger partial charge in [-0.15, -0.1) is 0 Å². The Balaban J connectivity index is 1.43. The van der Waals surface area contributed by atoms with Crippen molar-refractivity contribution in [3.63, 3.8) is 0 Å². The third kappa shape index (κ3) is 3.84. The molecule has 1 fully saturated rings. The lowest BCUT2D eigenvalue weighted by molar-refractivity contribution is -0.117. The van der Waals surface area contributed by atoms with Crippen molar-refractivity contribution in [2.45, 2.75) is 38.3 Å². The molecule has 2 atom stereocenters. The molecular formula is C20H26N4O3S. The number of rotatable bonds is 5. The molecule has 1 amide bonds. The highest BCUT2D eigenvalue weighted by Crippen LogP contribution is 2.34. The summed E-state index contributed by atoms with van der Waals surface area (Å²) in [7, 11) is -1.05. The summed E-state index contributed by atoms with van der Waals surface area (Å²) in [5.41, 5.74) is 3.42. The van der Waals surface area contributed by atoms with Crippen LogP contribution in [0.25, 0.3) is 0 Å². The predicted octanol–water partition coefficient (Wildman–Crippen LogP) is 2.11. The molecule has 2 heterocycles. The van der Waals surface area contributed by atoms with Crippen molar-refractivity contribution < 1.29 is 13.2 Å². The average Bonchev–Trinajstić information content (AvgIpc) is 3.31. The van der Waals surface area contributed by atoms with Gasteiger partial charge in [-0.2, -0.15) is 5.10 Å². The fourth-order valence-corrected chi connectivity index (χ4v) is 6.06. The Kier molecular flexibility index (Phi) is 5.01. The SMILES string of the molecule is Cc1cc(NC(=O)CN(C)C2CCc3ccccc32)n(C2CCS(=O)(=O)C2)n1. The fraction of sp³-hybridized carbons (Fsp3) is 0.500. The van der Waals surface area contributed by atoms with E-state index in [1.165, 1.54) is 11.1 Å². The number of sulfone groups is 1. The number of hydrogen-bond donors (Lipinski definition) is 1. The van der Waals surface area contributed by atoms with Crippen LogP contribution in [0.5, 0.6) is 0 Å². The molecule has 1 aliphatic heterocycles. The molecular weight excluding hydrogens is 376 g/mol. The summed E-state index contributed by atoms with van der Waals surface area (Å²) >= 11 is 0. The molecule has 150 valence electrons. The number of anilines is 1. The summed E-state index contributed by atoms with van der Waals surface area (Å²) in [6, 6.07) is 10.2. The highest BCUT2D eigenvalue weighted by Gasteiger charge is 2.32. The zero-order chi connectivity index (χ0) is 19.9. The second-order valence-electron chi connectivity index (χ2n) is 7.89. The van der Waals surface area contributed by atoms with Gasteiger partial charge in [0.1, 0.15) is 5.82 Å². The minimum Gasteiger partial charge on any atom is -0.310 e. The standard InChI is InChI=1S/C20H26N4O3S/c1-14-11-19(24(22-14)16-9-10-28(26,27)13-16)21-20(25)12-23(2)18-8-7-15-5-3-4-6-17(15)18/h3-6,11,16,18H,7-10,12-13H2,1-2H3,(H,21,25). The van der Waals surface area contributed by atoms with Gasteiger partial charge >= 0.3 is 0 Å². The van der Waals surface area contributed by atoms with Crippen LogP contribution in [-0.4, -0.2) is 54.1 Å². The van der Waals surface area contributed by atoms with E-state index in [4.69, 9.17) is 0 Å². The summed E-state index contributed by atoms with van der Waals surface area (Å²) in [5.74, 6) is 0.711. The van der Waals surface area contributed by atoms with Gasteiger partial charge in [0.15, 0.2) is 9.84 Å². The lowest BCUT2D eigenvalue weighted by Crippen LogP contribution is -2.33. The normalized spacial score (nSPS) is 23.1. The number of aromatic nitrogens is 2. The van der Waals surface area contributed by atoms with Crippen molar-refractivity contribution >= 4 is 21.6 Å². The smallest absolute Gasteiger partial charge is 0.239 e. The second kappa shape index (κ2) is 7.33. The minimum atomic E-state index is -3.02. The number of nitrogens with one attached hydrogen (secondary N) is 1. The largest absolute Gasteiger partial charge is 0.310 e. The first kappa shape index (κ1) is 19.1. The number of aryl methyl sites for hydroxylation is 2. The van der Waals surface area contributed by atoms with Gasteiger partial charge in [-0.05, 0) is 44.4 Å². The fourth-order valence-electron chi connectivity index (χ4n) is 4.37. The van der Waals surface area contributed by atoms with E-state index in [9.17, 15) is 13.2 Å². The Morgan fingerprint density at radius 2 is 2.11 bits per heavy atom. The molecule has 0 bridgehead atoms. The Bertz CT molecular complexity index is 999. The third-order valence-electron chi connectivity index (χ3n) is 5.71. The van der Waals surface area contributed by atoms with Crippen LogP contribution < -0.4 is 5.32 Å². The number of benzene rings is 1. The van der Waals surface area contributed by atoms with Crippen molar-refractivity contribution in [3.8, 4) is 0 Å². The van der Waals surface area contributed by atoms with Gasteiger partial charge in [-0.25, -0.2) is 13.1 Å². The summed E-state index contributed by atoms with van der Waals surface area (Å²) in [5, 5.41) is 7.36. The average molecular weight is 403 g/mol. The lowest BCUT2D eigenvalue weighted by Gasteiger charge is -2.24. The highest BCUT2D eigenvalue weighted by molar-refractivity contribution is 7.91. The molecule has 1 aliphatic carbocycles. The van der Waals surface area contributed by atoms with Gasteiger partial charge in [0, 0.05) is 12.1 Å². The van der Waals surface area contributed by atoms with Crippen molar-refractivity contribution in [2.24, 2.45) is 0 Å². The molecule has 7 nitrogen and oxygen atoms in total. The molecule has 1 aromatic carbocycles. The molecule has 2 unspecified atom stereocenters. The maximum Gasteiger partial charge on any atom is 0.239 e. The van der Waals surface area contributed by atoms with Crippen LogP contribution in [0.1, 0.15) is 41.7 Å². The molecule has 0 saturated carbocycles. The van der Waals surface area contributed by atoms with Crippen LogP contribution in [0.3, 0.4) is 0 Å². The van der Waals surface area contributed by atoms with E-state index < -0.39 is 9.84 Å². The van der Waals surface area contributed by atoms with Crippen LogP contribution in [-0.2, 0) is 21.1 Å². The third-order valence-corrected chi connectivity index (χ3v) is 7.46. The molecule has 1 saturated heterocycles. The lowest BCUT2D eigenvalue weighted by atomic mass is 10.1. The van der Waals surface area contributed by atoms with Crippen LogP contribution in [0.15, 0.2) is 30.3 Å². The maximum atomic E-state index is 12.7. The van der Waals surface area contributed by atoms with E-state index in [2.05, 4.69) is 33.5 Å². The topological polar surface area (TPSA) is 84.3 Å². The molecule has 0 radical (unpaired) electrons. The summed E-state index contributed by atoms with van der Waals surface area (Å²) in [4.78, 5) is 14.8. The van der Waals surface area contributed by atoms with Gasteiger partial charge in [-0.3, -0.25) is 9.69 Å². The molecule has 28 heavy (non-hydrogen) atoms. The molecule has 0 spiro atoms. The first-order chi connectivity index (χ1) is 13.3. The van der Waals surface area contributed by atoms with E-state index in [1.54, 1.807) is 10.7 Å². The van der Waals surface area contributed by atoms with E-state index in [1.807, 2.05) is 20.0 Å². The van der Waals surface area contributed by atoms with Crippen molar-refractivity contribution in [3.05, 3.63) is 47.2 Å². The van der Waals surface area contributed by atoms with Crippen LogP contribution >= 0.6 is 0 Å². The molecule has 8 heteroatoms. The Morgan fingerprint density at radius 3 is 2.86 bits per heavy atom. The van der Waals surface area contributed by atoms with Gasteiger partial charge in [0.05, 0.1) is 29.8 Å². The monoisotopic (exact) mass is 402 g/mol. The van der Waals surface area contributed by atoms with Gasteiger partial charge in [0.2, 0.25) is 5.91 Å². The second-order valence-corrected chi connectivity index (χ2v) is 10.1. The maximum absolute atomic E-state index is 12.7. The van der Waals surface area contributed by atoms with Crippen molar-refractivity contribution in [1.29, 1.82) is 0 Å². The molecule has 2 aromatic rings. The van der Waals surface area contributed by atoms with Crippen LogP contribution in [0.4, 0.5) is 5.82 Å². The van der Waals surface area contributed by atoms with Crippen LogP contribution in [0, 0.1) is 6.92 Å². The number of carbonyl (C=O) groups is 1. The Morgan fingerprint density at radius 1 is 1.32 bits per heavy atom. The summed E-state index contributed by atoms with van der Waals surface area (Å²) in [6.45, 7) is 2.11. The van der Waals surface area contributed by atoms with Gasteiger partial charge in [-0.1, -0.05) is 24.3 Å². The van der Waals surface area contributed by atoms with Crippen molar-refractivity contribution in [2.75, 3.05) is 30.4 Å². The number of nitrogens with zero attached hydrogens (tertiary/aromatic N) is 3. The summed E-state index contributed by atoms with van der Waals surface area (Å²) in [6.07, 6.45) is 2.58. The Labute approximate surface area is 165 Å². The zero-order valence-corrected chi connectivity index (χ0v) is 17.1. The minimum absolute atomic E-state index is 0.0791. The van der Waals surface area contributed by atoms with Crippen molar-refractivity contribution in [1.82, 2.24) is 14.7 Å². The number of hydrogen-bond acceptors (Lipinski definition) is 5. The zero-order valence-electron chi connectivity index (χ0n) is 16.3. The number of carbonyl (C=O) groups excluding carboxylic acids is 1.